The van der Waals surface area contributed by atoms with Crippen LogP contribution in [0, 0.1) is 6.57 Å². The first kappa shape index (κ1) is 17.7. The van der Waals surface area contributed by atoms with E-state index in [4.69, 9.17) is 11.3 Å². The van der Waals surface area contributed by atoms with E-state index in [0.717, 1.165) is 19.0 Å². The summed E-state index contributed by atoms with van der Waals surface area (Å²) in [4.78, 5) is 5.07. The summed E-state index contributed by atoms with van der Waals surface area (Å²) in [7, 11) is 1.74. The van der Waals surface area contributed by atoms with Crippen LogP contribution in [0.25, 0.3) is 4.85 Å². The molecule has 2 heterocycles. The van der Waals surface area contributed by atoms with Crippen molar-refractivity contribution in [2.24, 2.45) is 0 Å². The third kappa shape index (κ3) is 3.10. The number of rotatable bonds is 2. The summed E-state index contributed by atoms with van der Waals surface area (Å²) in [6.07, 6.45) is -3.66. The highest BCUT2D eigenvalue weighted by atomic mass is 19.4. The van der Waals surface area contributed by atoms with Crippen LogP contribution in [0.5, 0.6) is 11.5 Å². The van der Waals surface area contributed by atoms with Crippen LogP contribution in [-0.2, 0) is 6.18 Å². The zero-order valence-electron chi connectivity index (χ0n) is 14.7. The summed E-state index contributed by atoms with van der Waals surface area (Å²) in [6, 6.07) is 9.20. The van der Waals surface area contributed by atoms with Crippen LogP contribution < -0.4 is 15.0 Å². The number of alkyl halides is 3. The van der Waals surface area contributed by atoms with E-state index in [0.29, 0.717) is 23.5 Å². The van der Waals surface area contributed by atoms with Crippen LogP contribution in [0.1, 0.15) is 23.5 Å². The molecule has 2 atom stereocenters. The molecule has 1 N–H and O–H groups in total. The summed E-state index contributed by atoms with van der Waals surface area (Å²) in [6.45, 7) is 8.43. The van der Waals surface area contributed by atoms with Crippen LogP contribution >= 0.6 is 0 Å². The SMILES string of the molecule is [C-]#[N+]c1ccc(Oc2cc3c(c(C(F)(F)F)c2)N(C)[C@H]2CCNC[C@@H]32)cc1. The average Bonchev–Trinajstić information content (AvgIpc) is 2.94. The molecule has 0 saturated carbocycles. The van der Waals surface area contributed by atoms with Gasteiger partial charge >= 0.3 is 6.18 Å². The third-order valence-corrected chi connectivity index (χ3v) is 5.32. The zero-order chi connectivity index (χ0) is 19.2. The fourth-order valence-electron chi connectivity index (χ4n) is 4.10. The van der Waals surface area contributed by atoms with Gasteiger partial charge in [-0.15, -0.1) is 0 Å². The number of nitrogens with zero attached hydrogens (tertiary/aromatic N) is 2. The number of nitrogens with one attached hydrogen (secondary N) is 1. The molecule has 27 heavy (non-hydrogen) atoms. The highest BCUT2D eigenvalue weighted by molar-refractivity contribution is 5.69. The van der Waals surface area contributed by atoms with Gasteiger partial charge in [-0.1, -0.05) is 12.1 Å². The monoisotopic (exact) mass is 373 g/mol. The lowest BCUT2D eigenvalue weighted by atomic mass is 9.89. The van der Waals surface area contributed by atoms with Gasteiger partial charge in [0.25, 0.3) is 0 Å². The number of piperidine rings is 1. The van der Waals surface area contributed by atoms with Crippen molar-refractivity contribution in [3.05, 3.63) is 58.9 Å². The standard InChI is InChI=1S/C20H18F3N3O/c1-24-12-3-5-13(6-4-12)27-14-9-15-16-11-25-8-7-18(16)26(2)19(15)17(10-14)20(21,22)23/h3-6,9-10,16,18,25H,7-8,11H2,2H3/t16-,18-/m0/s1. The number of hydrogen-bond acceptors (Lipinski definition) is 3. The maximum absolute atomic E-state index is 13.8. The minimum atomic E-state index is -4.47. The van der Waals surface area contributed by atoms with Crippen LogP contribution in [0.2, 0.25) is 0 Å². The van der Waals surface area contributed by atoms with Crippen LogP contribution in [0.15, 0.2) is 36.4 Å². The second kappa shape index (κ2) is 6.46. The summed E-state index contributed by atoms with van der Waals surface area (Å²) in [5.74, 6) is 0.573. The lowest BCUT2D eigenvalue weighted by molar-refractivity contribution is -0.137. The molecular formula is C20H18F3N3O. The number of halogens is 3. The Morgan fingerprint density at radius 3 is 2.59 bits per heavy atom. The van der Waals surface area contributed by atoms with Crippen LogP contribution in [0.4, 0.5) is 24.5 Å². The van der Waals surface area contributed by atoms with Gasteiger partial charge < -0.3 is 15.0 Å². The average molecular weight is 373 g/mol. The lowest BCUT2D eigenvalue weighted by Crippen LogP contribution is -2.42. The number of benzene rings is 2. The van der Waals surface area contributed by atoms with Gasteiger partial charge in [0.05, 0.1) is 17.8 Å². The molecule has 0 aliphatic carbocycles. The molecule has 0 spiro atoms. The molecule has 140 valence electrons. The lowest BCUT2D eigenvalue weighted by Gasteiger charge is -2.31. The summed E-state index contributed by atoms with van der Waals surface area (Å²) in [5, 5.41) is 3.28. The Balaban J connectivity index is 1.77. The number of likely N-dealkylation sites (N-methyl/N-ethyl adjacent to an activating group) is 1. The van der Waals surface area contributed by atoms with Crippen molar-refractivity contribution in [3.8, 4) is 11.5 Å². The van der Waals surface area contributed by atoms with Gasteiger partial charge in [0.2, 0.25) is 0 Å². The first-order valence-corrected chi connectivity index (χ1v) is 8.72. The minimum Gasteiger partial charge on any atom is -0.457 e. The molecule has 2 aromatic rings. The zero-order valence-corrected chi connectivity index (χ0v) is 14.7. The third-order valence-electron chi connectivity index (χ3n) is 5.32. The predicted octanol–water partition coefficient (Wildman–Crippen LogP) is 4.94. The molecule has 1 fully saturated rings. The smallest absolute Gasteiger partial charge is 0.418 e. The van der Waals surface area contributed by atoms with Crippen molar-refractivity contribution in [2.45, 2.75) is 24.6 Å². The molecule has 4 rings (SSSR count). The Morgan fingerprint density at radius 1 is 1.19 bits per heavy atom. The molecule has 1 saturated heterocycles. The highest BCUT2D eigenvalue weighted by Gasteiger charge is 2.45. The number of hydrogen-bond donors (Lipinski definition) is 1. The van der Waals surface area contributed by atoms with E-state index < -0.39 is 11.7 Å². The number of ether oxygens (including phenoxy) is 1. The molecule has 7 heteroatoms. The molecule has 4 nitrogen and oxygen atoms in total. The van der Waals surface area contributed by atoms with Gasteiger partial charge in [-0.05, 0) is 42.8 Å². The maximum atomic E-state index is 13.8. The number of fused-ring (bicyclic) bond motifs is 3. The van der Waals surface area contributed by atoms with E-state index in [9.17, 15) is 13.2 Å². The van der Waals surface area contributed by atoms with E-state index in [2.05, 4.69) is 10.2 Å². The van der Waals surface area contributed by atoms with Crippen LogP contribution in [0.3, 0.4) is 0 Å². The van der Waals surface area contributed by atoms with Crippen molar-refractivity contribution in [3.63, 3.8) is 0 Å². The van der Waals surface area contributed by atoms with Crippen molar-refractivity contribution in [2.75, 3.05) is 25.0 Å². The molecule has 0 unspecified atom stereocenters. The molecule has 0 bridgehead atoms. The first-order chi connectivity index (χ1) is 12.9. The Hall–Kier alpha value is -2.72. The second-order valence-electron chi connectivity index (χ2n) is 6.89. The van der Waals surface area contributed by atoms with E-state index in [1.165, 1.54) is 0 Å². The van der Waals surface area contributed by atoms with Gasteiger partial charge in [-0.3, -0.25) is 0 Å². The molecule has 0 radical (unpaired) electrons. The largest absolute Gasteiger partial charge is 0.457 e. The van der Waals surface area contributed by atoms with Crippen molar-refractivity contribution in [1.82, 2.24) is 5.32 Å². The number of anilines is 1. The first-order valence-electron chi connectivity index (χ1n) is 8.72. The Bertz CT molecular complexity index is 902. The van der Waals surface area contributed by atoms with Gasteiger partial charge in [0, 0.05) is 25.6 Å². The fourth-order valence-corrected chi connectivity index (χ4v) is 4.10. The van der Waals surface area contributed by atoms with E-state index >= 15 is 0 Å². The Kier molecular flexibility index (Phi) is 4.23. The maximum Gasteiger partial charge on any atom is 0.418 e. The predicted molar refractivity (Wildman–Crippen MR) is 96.6 cm³/mol. The summed E-state index contributed by atoms with van der Waals surface area (Å²) < 4.78 is 47.1. The van der Waals surface area contributed by atoms with E-state index in [1.54, 1.807) is 42.3 Å². The Morgan fingerprint density at radius 2 is 1.93 bits per heavy atom. The molecule has 2 aliphatic heterocycles. The quantitative estimate of drug-likeness (QED) is 0.756. The molecular weight excluding hydrogens is 355 g/mol. The molecule has 0 amide bonds. The normalized spacial score (nSPS) is 21.4. The fraction of sp³-hybridized carbons (Fsp3) is 0.350. The van der Waals surface area contributed by atoms with Gasteiger partial charge in [0.1, 0.15) is 11.5 Å². The van der Waals surface area contributed by atoms with E-state index in [1.807, 2.05) is 0 Å². The van der Waals surface area contributed by atoms with Crippen molar-refractivity contribution < 1.29 is 17.9 Å². The van der Waals surface area contributed by atoms with Gasteiger partial charge in [0.15, 0.2) is 5.69 Å². The van der Waals surface area contributed by atoms with Crippen molar-refractivity contribution >= 4 is 11.4 Å². The summed E-state index contributed by atoms with van der Waals surface area (Å²) in [5.41, 5.74) is 0.726. The summed E-state index contributed by atoms with van der Waals surface area (Å²) >= 11 is 0. The second-order valence-corrected chi connectivity index (χ2v) is 6.89. The van der Waals surface area contributed by atoms with E-state index in [-0.39, 0.29) is 23.4 Å². The topological polar surface area (TPSA) is 28.9 Å². The van der Waals surface area contributed by atoms with Gasteiger partial charge in [-0.2, -0.15) is 13.2 Å². The Labute approximate surface area is 155 Å². The molecule has 2 aliphatic rings. The van der Waals surface area contributed by atoms with Crippen molar-refractivity contribution in [1.29, 1.82) is 0 Å². The van der Waals surface area contributed by atoms with Crippen LogP contribution in [-0.4, -0.2) is 26.2 Å². The highest BCUT2D eigenvalue weighted by Crippen LogP contribution is 2.50. The molecule has 2 aromatic carbocycles. The minimum absolute atomic E-state index is 0.00731. The van der Waals surface area contributed by atoms with Gasteiger partial charge in [-0.25, -0.2) is 4.85 Å². The molecule has 0 aromatic heterocycles.